The minimum Gasteiger partial charge on any atom is -0.378 e. The van der Waals surface area contributed by atoms with E-state index < -0.39 is 0 Å². The second-order valence-corrected chi connectivity index (χ2v) is 8.11. The van der Waals surface area contributed by atoms with E-state index in [1.54, 1.807) is 7.05 Å². The van der Waals surface area contributed by atoms with Crippen molar-refractivity contribution in [3.8, 4) is 0 Å². The average Bonchev–Trinajstić information content (AvgIpc) is 3.03. The van der Waals surface area contributed by atoms with Crippen LogP contribution < -0.4 is 15.4 Å². The van der Waals surface area contributed by atoms with Crippen LogP contribution in [0.4, 0.5) is 11.5 Å². The van der Waals surface area contributed by atoms with Crippen molar-refractivity contribution in [1.29, 1.82) is 0 Å². The van der Waals surface area contributed by atoms with Crippen LogP contribution in [0, 0.1) is 0 Å². The number of halogens is 1. The van der Waals surface area contributed by atoms with Crippen molar-refractivity contribution in [3.63, 3.8) is 0 Å². The first kappa shape index (κ1) is 19.1. The highest BCUT2D eigenvalue weighted by molar-refractivity contribution is 9.10. The number of anilines is 2. The maximum Gasteiger partial charge on any atom is 0.255 e. The molecule has 0 bridgehead atoms. The lowest BCUT2D eigenvalue weighted by Gasteiger charge is -2.28. The molecule has 4 rings (SSSR count). The second-order valence-electron chi connectivity index (χ2n) is 7.26. The predicted octanol–water partition coefficient (Wildman–Crippen LogP) is 1.90. The van der Waals surface area contributed by atoms with Crippen LogP contribution in [0.2, 0.25) is 0 Å². The zero-order valence-electron chi connectivity index (χ0n) is 16.0. The van der Waals surface area contributed by atoms with Gasteiger partial charge in [-0.05, 0) is 31.0 Å². The molecule has 1 saturated heterocycles. The Morgan fingerprint density at radius 3 is 2.82 bits per heavy atom. The SMILES string of the molecule is C[C@H]1Cc2c(Br)cccc2N1C(=O)Cc1nc(N2CCOCC2)cc(=O)n1C. The van der Waals surface area contributed by atoms with E-state index in [2.05, 4.69) is 20.9 Å². The van der Waals surface area contributed by atoms with Gasteiger partial charge in [0.05, 0.1) is 19.6 Å². The molecule has 1 fully saturated rings. The molecule has 1 amide bonds. The molecule has 1 atom stereocenters. The fraction of sp³-hybridized carbons (Fsp3) is 0.450. The molecule has 0 aliphatic carbocycles. The number of aromatic nitrogens is 2. The summed E-state index contributed by atoms with van der Waals surface area (Å²) in [5.74, 6) is 1.05. The number of carbonyl (C=O) groups is 1. The van der Waals surface area contributed by atoms with Gasteiger partial charge < -0.3 is 14.5 Å². The molecule has 148 valence electrons. The standard InChI is InChI=1S/C20H23BrN4O3/c1-13-10-14-15(21)4-3-5-16(14)25(13)20(27)11-17-22-18(12-19(26)23(17)2)24-6-8-28-9-7-24/h3-5,12-13H,6-11H2,1-2H3/t13-/m0/s1. The zero-order valence-corrected chi connectivity index (χ0v) is 17.6. The van der Waals surface area contributed by atoms with Crippen molar-refractivity contribution >= 4 is 33.3 Å². The molecule has 0 spiro atoms. The number of benzene rings is 1. The highest BCUT2D eigenvalue weighted by Gasteiger charge is 2.32. The Kier molecular flexibility index (Phi) is 5.25. The van der Waals surface area contributed by atoms with E-state index in [1.807, 2.05) is 34.9 Å². The number of rotatable bonds is 3. The van der Waals surface area contributed by atoms with Crippen LogP contribution in [-0.4, -0.2) is 47.8 Å². The molecule has 0 N–H and O–H groups in total. The van der Waals surface area contributed by atoms with Crippen LogP contribution >= 0.6 is 15.9 Å². The van der Waals surface area contributed by atoms with Crippen LogP contribution in [-0.2, 0) is 29.4 Å². The molecule has 0 unspecified atom stereocenters. The summed E-state index contributed by atoms with van der Waals surface area (Å²) in [5.41, 5.74) is 1.92. The number of morpholine rings is 1. The highest BCUT2D eigenvalue weighted by Crippen LogP contribution is 2.37. The van der Waals surface area contributed by atoms with Crippen LogP contribution in [0.5, 0.6) is 0 Å². The smallest absolute Gasteiger partial charge is 0.255 e. The minimum atomic E-state index is -0.156. The molecule has 0 saturated carbocycles. The summed E-state index contributed by atoms with van der Waals surface area (Å²) in [4.78, 5) is 34.1. The van der Waals surface area contributed by atoms with Gasteiger partial charge in [0.25, 0.3) is 5.56 Å². The number of hydrogen-bond acceptors (Lipinski definition) is 5. The third-order valence-corrected chi connectivity index (χ3v) is 6.16. The molecule has 7 nitrogen and oxygen atoms in total. The van der Waals surface area contributed by atoms with Gasteiger partial charge in [0.2, 0.25) is 5.91 Å². The van der Waals surface area contributed by atoms with Crippen molar-refractivity contribution in [2.75, 3.05) is 36.1 Å². The van der Waals surface area contributed by atoms with Crippen molar-refractivity contribution < 1.29 is 9.53 Å². The van der Waals surface area contributed by atoms with Crippen LogP contribution in [0.15, 0.2) is 33.5 Å². The lowest BCUT2D eigenvalue weighted by Crippen LogP contribution is -2.40. The maximum atomic E-state index is 13.2. The first-order valence-corrected chi connectivity index (χ1v) is 10.2. The van der Waals surface area contributed by atoms with Crippen molar-refractivity contribution in [2.45, 2.75) is 25.8 Å². The Morgan fingerprint density at radius 2 is 2.07 bits per heavy atom. The Balaban J connectivity index is 1.62. The van der Waals surface area contributed by atoms with E-state index in [1.165, 1.54) is 10.6 Å². The van der Waals surface area contributed by atoms with E-state index in [9.17, 15) is 9.59 Å². The first-order valence-electron chi connectivity index (χ1n) is 9.45. The van der Waals surface area contributed by atoms with Crippen molar-refractivity contribution in [1.82, 2.24) is 9.55 Å². The third kappa shape index (κ3) is 3.46. The van der Waals surface area contributed by atoms with Crippen LogP contribution in [0.25, 0.3) is 0 Å². The van der Waals surface area contributed by atoms with Crippen molar-refractivity contribution in [3.05, 3.63) is 50.5 Å². The molecule has 0 radical (unpaired) electrons. The van der Waals surface area contributed by atoms with Gasteiger partial charge in [-0.3, -0.25) is 14.2 Å². The Hall–Kier alpha value is -2.19. The maximum absolute atomic E-state index is 13.2. The Morgan fingerprint density at radius 1 is 1.32 bits per heavy atom. The van der Waals surface area contributed by atoms with Gasteiger partial charge in [-0.25, -0.2) is 4.98 Å². The lowest BCUT2D eigenvalue weighted by atomic mass is 10.1. The zero-order chi connectivity index (χ0) is 19.8. The number of ether oxygens (including phenoxy) is 1. The third-order valence-electron chi connectivity index (χ3n) is 5.42. The molecular weight excluding hydrogens is 424 g/mol. The number of carbonyl (C=O) groups excluding carboxylic acids is 1. The van der Waals surface area contributed by atoms with Gasteiger partial charge in [0, 0.05) is 42.4 Å². The fourth-order valence-corrected chi connectivity index (χ4v) is 4.40. The Labute approximate surface area is 172 Å². The monoisotopic (exact) mass is 446 g/mol. The van der Waals surface area contributed by atoms with E-state index in [-0.39, 0.29) is 23.9 Å². The van der Waals surface area contributed by atoms with Gasteiger partial charge in [-0.1, -0.05) is 22.0 Å². The highest BCUT2D eigenvalue weighted by atomic mass is 79.9. The molecule has 2 aliphatic rings. The van der Waals surface area contributed by atoms with E-state index in [4.69, 9.17) is 4.74 Å². The van der Waals surface area contributed by atoms with Crippen molar-refractivity contribution in [2.24, 2.45) is 7.05 Å². The normalized spacial score (nSPS) is 19.0. The first-order chi connectivity index (χ1) is 13.5. The van der Waals surface area contributed by atoms with Gasteiger partial charge in [0.15, 0.2) is 0 Å². The molecule has 28 heavy (non-hydrogen) atoms. The quantitative estimate of drug-likeness (QED) is 0.719. The van der Waals surface area contributed by atoms with Gasteiger partial charge >= 0.3 is 0 Å². The second kappa shape index (κ2) is 7.67. The van der Waals surface area contributed by atoms with Gasteiger partial charge in [-0.15, -0.1) is 0 Å². The molecule has 3 heterocycles. The molecule has 1 aromatic heterocycles. The summed E-state index contributed by atoms with van der Waals surface area (Å²) < 4.78 is 7.86. The molecule has 2 aromatic rings. The summed E-state index contributed by atoms with van der Waals surface area (Å²) in [5, 5.41) is 0. The molecule has 1 aromatic carbocycles. The number of fused-ring (bicyclic) bond motifs is 1. The molecule has 2 aliphatic heterocycles. The average molecular weight is 447 g/mol. The van der Waals surface area contributed by atoms with E-state index >= 15 is 0 Å². The topological polar surface area (TPSA) is 67.7 Å². The van der Waals surface area contributed by atoms with Gasteiger partial charge in [0.1, 0.15) is 11.6 Å². The van der Waals surface area contributed by atoms with Crippen LogP contribution in [0.3, 0.4) is 0 Å². The molecular formula is C20H23BrN4O3. The Bertz CT molecular complexity index is 968. The van der Waals surface area contributed by atoms with Crippen LogP contribution in [0.1, 0.15) is 18.3 Å². The number of nitrogens with zero attached hydrogens (tertiary/aromatic N) is 4. The number of hydrogen-bond donors (Lipinski definition) is 0. The number of amides is 1. The largest absolute Gasteiger partial charge is 0.378 e. The summed E-state index contributed by atoms with van der Waals surface area (Å²) >= 11 is 3.58. The predicted molar refractivity (Wildman–Crippen MR) is 111 cm³/mol. The summed E-state index contributed by atoms with van der Waals surface area (Å²) in [7, 11) is 1.67. The minimum absolute atomic E-state index is 0.0500. The lowest BCUT2D eigenvalue weighted by molar-refractivity contribution is -0.118. The van der Waals surface area contributed by atoms with E-state index in [0.717, 1.165) is 22.1 Å². The van der Waals surface area contributed by atoms with E-state index in [0.29, 0.717) is 37.9 Å². The summed E-state index contributed by atoms with van der Waals surface area (Å²) in [6.45, 7) is 4.65. The van der Waals surface area contributed by atoms with Gasteiger partial charge in [-0.2, -0.15) is 0 Å². The summed E-state index contributed by atoms with van der Waals surface area (Å²) in [6, 6.07) is 7.51. The molecule has 8 heteroatoms. The fourth-order valence-electron chi connectivity index (χ4n) is 3.89. The summed E-state index contributed by atoms with van der Waals surface area (Å²) in [6.07, 6.45) is 0.892.